The van der Waals surface area contributed by atoms with Crippen LogP contribution in [0.5, 0.6) is 0 Å². The van der Waals surface area contributed by atoms with Crippen molar-refractivity contribution in [1.82, 2.24) is 0 Å². The topological polar surface area (TPSA) is 40.5 Å². The van der Waals surface area contributed by atoms with Gasteiger partial charge in [-0.25, -0.2) is 0 Å². The molecule has 2 aliphatic rings. The molecule has 0 spiro atoms. The molecule has 65 heavy (non-hydrogen) atoms. The summed E-state index contributed by atoms with van der Waals surface area (Å²) in [6.07, 6.45) is 2.02. The Labute approximate surface area is 407 Å². The lowest BCUT2D eigenvalue weighted by Gasteiger charge is -2.26. The van der Waals surface area contributed by atoms with E-state index < -0.39 is 7.12 Å². The number of benzene rings is 7. The number of fused-ring (bicyclic) bond motifs is 6. The zero-order valence-corrected chi connectivity index (χ0v) is 43.6. The first-order chi connectivity index (χ1) is 30.4. The van der Waals surface area contributed by atoms with E-state index >= 15 is 0 Å². The van der Waals surface area contributed by atoms with Crippen molar-refractivity contribution >= 4 is 44.4 Å². The van der Waals surface area contributed by atoms with Gasteiger partial charge in [0.05, 0.1) is 0 Å². The van der Waals surface area contributed by atoms with E-state index in [1.54, 1.807) is 24.3 Å². The van der Waals surface area contributed by atoms with Crippen LogP contribution in [-0.4, -0.2) is 17.2 Å². The van der Waals surface area contributed by atoms with Gasteiger partial charge in [0.1, 0.15) is 0 Å². The Hall–Kier alpha value is -4.52. The Kier molecular flexibility index (Phi) is 13.9. The minimum absolute atomic E-state index is 0.0692. The molecule has 0 saturated carbocycles. The van der Waals surface area contributed by atoms with Gasteiger partial charge < -0.3 is 10.0 Å². The molecule has 0 aromatic heterocycles. The second-order valence-electron chi connectivity index (χ2n) is 22.0. The molecule has 2 N–H and O–H groups in total. The van der Waals surface area contributed by atoms with E-state index in [1.165, 1.54) is 98.0 Å². The number of hydrogen-bond donors (Lipinski definition) is 2. The fourth-order valence-corrected chi connectivity index (χ4v) is 11.2. The van der Waals surface area contributed by atoms with Crippen LogP contribution in [-0.2, 0) is 34.5 Å². The molecule has 0 radical (unpaired) electrons. The maximum absolute atomic E-state index is 8.58. The van der Waals surface area contributed by atoms with Crippen LogP contribution in [0.15, 0.2) is 148 Å². The molecule has 0 amide bonds. The first kappa shape index (κ1) is 48.4. The van der Waals surface area contributed by atoms with Gasteiger partial charge in [0.25, 0.3) is 0 Å². The Morgan fingerprint density at radius 1 is 0.354 bits per heavy atom. The molecule has 2 nitrogen and oxygen atoms in total. The highest BCUT2D eigenvalue weighted by atomic mass is 79.9. The summed E-state index contributed by atoms with van der Waals surface area (Å²) in [5.41, 5.74) is 23.3. The largest absolute Gasteiger partial charge is 0.488 e. The van der Waals surface area contributed by atoms with Crippen molar-refractivity contribution in [2.24, 2.45) is 0 Å². The van der Waals surface area contributed by atoms with Crippen LogP contribution in [0.3, 0.4) is 0 Å². The monoisotopic (exact) mass is 986 g/mol. The van der Waals surface area contributed by atoms with Crippen LogP contribution in [0.2, 0.25) is 0 Å². The van der Waals surface area contributed by atoms with Gasteiger partial charge in [0.15, 0.2) is 0 Å². The summed E-state index contributed by atoms with van der Waals surface area (Å²) >= 11 is 7.56. The minimum Gasteiger partial charge on any atom is -0.423 e. The quantitative estimate of drug-likeness (QED) is 0.173. The average Bonchev–Trinajstić information content (AvgIpc) is 3.78. The standard InChI is InChI=1S/C33H34.C21H24Br2.C6H7BO2/c1-32(2,3)30-20-26-24(18-28(30)22-13-9-7-10-14-22)17-25-19-29(23-15-11-8-12-16-23)31(21-27(25)26)33(4,5)6;1-20(2,3)16-10-14-12(8-18(16)22)7-13-9-19(23)17(11-15(13)14)21(4,5)6;8-7(9)6-4-2-1-3-5-6/h7-16,18-21H,17H2,1-6H3;8-11H,7H2,1-6H3;1-5,8-9H. The molecule has 0 unspecified atom stereocenters. The van der Waals surface area contributed by atoms with E-state index in [9.17, 15) is 0 Å². The fraction of sp³-hybridized carbons (Fsp3) is 0.300. The third kappa shape index (κ3) is 10.7. The lowest BCUT2D eigenvalue weighted by Crippen LogP contribution is -2.29. The van der Waals surface area contributed by atoms with Crippen molar-refractivity contribution in [1.29, 1.82) is 0 Å². The molecule has 0 atom stereocenters. The van der Waals surface area contributed by atoms with Gasteiger partial charge >= 0.3 is 7.12 Å². The third-order valence-electron chi connectivity index (χ3n) is 12.7. The van der Waals surface area contributed by atoms with Gasteiger partial charge in [-0.15, -0.1) is 0 Å². The Balaban J connectivity index is 0.000000170. The highest BCUT2D eigenvalue weighted by Gasteiger charge is 2.30. The zero-order valence-electron chi connectivity index (χ0n) is 40.4. The number of rotatable bonds is 3. The molecule has 0 fully saturated rings. The first-order valence-electron chi connectivity index (χ1n) is 22.9. The van der Waals surface area contributed by atoms with Crippen LogP contribution in [0.25, 0.3) is 44.5 Å². The molecule has 2 aliphatic carbocycles. The molecule has 0 heterocycles. The maximum atomic E-state index is 8.58. The molecule has 0 bridgehead atoms. The smallest absolute Gasteiger partial charge is 0.423 e. The molecule has 0 aliphatic heterocycles. The molecule has 334 valence electrons. The van der Waals surface area contributed by atoms with Crippen molar-refractivity contribution in [2.75, 3.05) is 0 Å². The summed E-state index contributed by atoms with van der Waals surface area (Å²) in [7, 11) is -1.34. The summed E-state index contributed by atoms with van der Waals surface area (Å²) in [4.78, 5) is 0. The predicted molar refractivity (Wildman–Crippen MR) is 287 cm³/mol. The van der Waals surface area contributed by atoms with Gasteiger partial charge in [-0.3, -0.25) is 0 Å². The van der Waals surface area contributed by atoms with Crippen LogP contribution in [0.4, 0.5) is 0 Å². The van der Waals surface area contributed by atoms with E-state index in [0.29, 0.717) is 5.46 Å². The van der Waals surface area contributed by atoms with Crippen LogP contribution in [0.1, 0.15) is 128 Å². The van der Waals surface area contributed by atoms with E-state index in [1.807, 2.05) is 6.07 Å². The molecule has 5 heteroatoms. The predicted octanol–water partition coefficient (Wildman–Crippen LogP) is 15.9. The highest BCUT2D eigenvalue weighted by molar-refractivity contribution is 9.10. The van der Waals surface area contributed by atoms with Gasteiger partial charge in [0, 0.05) is 8.95 Å². The lowest BCUT2D eigenvalue weighted by atomic mass is 9.78. The second-order valence-corrected chi connectivity index (χ2v) is 23.7. The molecule has 9 rings (SSSR count). The van der Waals surface area contributed by atoms with Gasteiger partial charge in [-0.05, 0) is 178 Å². The highest BCUT2D eigenvalue weighted by Crippen LogP contribution is 2.48. The summed E-state index contributed by atoms with van der Waals surface area (Å²) in [5, 5.41) is 17.2. The van der Waals surface area contributed by atoms with Crippen LogP contribution in [0, 0.1) is 0 Å². The number of hydrogen-bond acceptors (Lipinski definition) is 2. The fourth-order valence-electron chi connectivity index (χ4n) is 9.25. The van der Waals surface area contributed by atoms with E-state index in [4.69, 9.17) is 10.0 Å². The third-order valence-corrected chi connectivity index (χ3v) is 14.0. The average molecular weight is 989 g/mol. The molecular formula is C60H65BBr2O2. The first-order valence-corrected chi connectivity index (χ1v) is 24.5. The number of halogens is 2. The van der Waals surface area contributed by atoms with Crippen molar-refractivity contribution < 1.29 is 10.0 Å². The molecule has 0 saturated heterocycles. The van der Waals surface area contributed by atoms with E-state index in [2.05, 4.69) is 224 Å². The van der Waals surface area contributed by atoms with Crippen LogP contribution < -0.4 is 5.46 Å². The Morgan fingerprint density at radius 3 is 0.908 bits per heavy atom. The van der Waals surface area contributed by atoms with Gasteiger partial charge in [-0.1, -0.05) is 206 Å². The summed E-state index contributed by atoms with van der Waals surface area (Å²) < 4.78 is 2.46. The second kappa shape index (κ2) is 18.6. The lowest BCUT2D eigenvalue weighted by molar-refractivity contribution is 0.426. The zero-order chi connectivity index (χ0) is 47.2. The molecule has 7 aromatic carbocycles. The molecular weight excluding hydrogens is 923 g/mol. The summed E-state index contributed by atoms with van der Waals surface area (Å²) in [6.45, 7) is 27.6. The Morgan fingerprint density at radius 2 is 0.631 bits per heavy atom. The normalized spacial score (nSPS) is 12.8. The minimum atomic E-state index is -1.34. The van der Waals surface area contributed by atoms with Crippen molar-refractivity contribution in [3.8, 4) is 44.5 Å². The van der Waals surface area contributed by atoms with Crippen molar-refractivity contribution in [3.63, 3.8) is 0 Å². The Bertz CT molecular complexity index is 2650. The maximum Gasteiger partial charge on any atom is 0.488 e. The SMILES string of the molecule is CC(C)(C)c1cc2c(cc1-c1ccccc1)Cc1cc(-c3ccccc3)c(C(C)(C)C)cc1-2.CC(C)(C)c1cc2c(cc1Br)Cc1cc(Br)c(C(C)(C)C)cc1-2.OB(O)c1ccccc1. The van der Waals surface area contributed by atoms with Gasteiger partial charge in [-0.2, -0.15) is 0 Å². The molecule has 7 aromatic rings. The van der Waals surface area contributed by atoms with Gasteiger partial charge in [0.2, 0.25) is 0 Å². The summed E-state index contributed by atoms with van der Waals surface area (Å²) in [5.74, 6) is 0. The van der Waals surface area contributed by atoms with E-state index in [0.717, 1.165) is 12.8 Å². The van der Waals surface area contributed by atoms with Crippen LogP contribution >= 0.6 is 31.9 Å². The van der Waals surface area contributed by atoms with Crippen molar-refractivity contribution in [3.05, 3.63) is 193 Å². The summed E-state index contributed by atoms with van der Waals surface area (Å²) in [6, 6.07) is 49.7. The van der Waals surface area contributed by atoms with Crippen molar-refractivity contribution in [2.45, 2.75) is 118 Å². The van der Waals surface area contributed by atoms with E-state index in [-0.39, 0.29) is 21.7 Å².